The van der Waals surface area contributed by atoms with Crippen LogP contribution < -0.4 is 10.1 Å². The van der Waals surface area contributed by atoms with Crippen molar-refractivity contribution in [2.45, 2.75) is 33.2 Å². The van der Waals surface area contributed by atoms with Crippen LogP contribution in [0.25, 0.3) is 0 Å². The molecule has 0 saturated carbocycles. The fraction of sp³-hybridized carbons (Fsp3) is 0.263. The lowest BCUT2D eigenvalue weighted by atomic mass is 10.1. The van der Waals surface area contributed by atoms with Crippen LogP contribution in [-0.2, 0) is 0 Å². The van der Waals surface area contributed by atoms with Crippen molar-refractivity contribution in [3.05, 3.63) is 65.7 Å². The average molecular weight is 310 g/mol. The monoisotopic (exact) mass is 310 g/mol. The predicted molar refractivity (Wildman–Crippen MR) is 93.1 cm³/mol. The van der Waals surface area contributed by atoms with Crippen LogP contribution in [0.5, 0.6) is 5.75 Å². The summed E-state index contributed by atoms with van der Waals surface area (Å²) in [6.07, 6.45) is -0.556. The first-order chi connectivity index (χ1) is 10.8. The molecule has 4 heteroatoms. The van der Waals surface area contributed by atoms with E-state index in [1.807, 2.05) is 70.2 Å². The summed E-state index contributed by atoms with van der Waals surface area (Å²) in [5.41, 5.74) is 1.67. The van der Waals surface area contributed by atoms with Crippen molar-refractivity contribution >= 4 is 11.9 Å². The van der Waals surface area contributed by atoms with Crippen LogP contribution in [0.2, 0.25) is 0 Å². The number of rotatable bonds is 2. The molecule has 0 aliphatic heterocycles. The highest BCUT2D eigenvalue weighted by Crippen LogP contribution is 2.12. The zero-order valence-corrected chi connectivity index (χ0v) is 14.0. The Kier molecular flexibility index (Phi) is 5.16. The lowest BCUT2D eigenvalue weighted by Gasteiger charge is -2.17. The van der Waals surface area contributed by atoms with Gasteiger partial charge in [-0.1, -0.05) is 48.0 Å². The van der Waals surface area contributed by atoms with E-state index in [1.54, 1.807) is 12.1 Å². The number of amides is 1. The lowest BCUT2D eigenvalue weighted by Crippen LogP contribution is -2.35. The van der Waals surface area contributed by atoms with Crippen molar-refractivity contribution in [2.24, 2.45) is 4.99 Å². The number of nitrogens with one attached hydrogen (secondary N) is 1. The van der Waals surface area contributed by atoms with E-state index in [1.165, 1.54) is 0 Å². The molecule has 0 heterocycles. The maximum atomic E-state index is 12.1. The summed E-state index contributed by atoms with van der Waals surface area (Å²) in [4.78, 5) is 16.7. The van der Waals surface area contributed by atoms with Gasteiger partial charge < -0.3 is 4.74 Å². The molecule has 2 aromatic rings. The number of hydrogen-bond acceptors (Lipinski definition) is 3. The third-order valence-corrected chi connectivity index (χ3v) is 2.95. The smallest absolute Gasteiger partial charge is 0.410 e. The summed E-state index contributed by atoms with van der Waals surface area (Å²) in [7, 11) is 0. The van der Waals surface area contributed by atoms with Crippen LogP contribution >= 0.6 is 0 Å². The standard InChI is InChI=1S/C19H22N2O2/c1-14-10-12-15(13-11-14)17(21-19(2,3)4)20-18(22)23-16-8-6-5-7-9-16/h5-13H,1-4H3,(H,20,21,22). The van der Waals surface area contributed by atoms with Crippen LogP contribution in [0.15, 0.2) is 59.6 Å². The van der Waals surface area contributed by atoms with Crippen molar-refractivity contribution < 1.29 is 9.53 Å². The average Bonchev–Trinajstić information content (AvgIpc) is 2.47. The molecule has 0 aliphatic carbocycles. The predicted octanol–water partition coefficient (Wildman–Crippen LogP) is 4.33. The molecular weight excluding hydrogens is 288 g/mol. The van der Waals surface area contributed by atoms with E-state index in [4.69, 9.17) is 4.74 Å². The number of amidine groups is 1. The molecule has 23 heavy (non-hydrogen) atoms. The molecule has 0 atom stereocenters. The minimum Gasteiger partial charge on any atom is -0.410 e. The van der Waals surface area contributed by atoms with Gasteiger partial charge in [-0.25, -0.2) is 4.79 Å². The molecule has 2 aromatic carbocycles. The van der Waals surface area contributed by atoms with Gasteiger partial charge in [-0.05, 0) is 39.8 Å². The van der Waals surface area contributed by atoms with Gasteiger partial charge in [0.1, 0.15) is 11.6 Å². The zero-order chi connectivity index (χ0) is 16.9. The third-order valence-electron chi connectivity index (χ3n) is 2.95. The molecule has 0 radical (unpaired) electrons. The zero-order valence-electron chi connectivity index (χ0n) is 14.0. The molecule has 4 nitrogen and oxygen atoms in total. The van der Waals surface area contributed by atoms with E-state index in [0.29, 0.717) is 11.6 Å². The van der Waals surface area contributed by atoms with Gasteiger partial charge in [0.05, 0.1) is 5.54 Å². The topological polar surface area (TPSA) is 50.7 Å². The van der Waals surface area contributed by atoms with Crippen LogP contribution in [-0.4, -0.2) is 17.5 Å². The van der Waals surface area contributed by atoms with E-state index in [0.717, 1.165) is 11.1 Å². The summed E-state index contributed by atoms with van der Waals surface area (Å²) in [6, 6.07) is 16.8. The van der Waals surface area contributed by atoms with E-state index in [9.17, 15) is 4.79 Å². The van der Waals surface area contributed by atoms with Crippen LogP contribution in [0.1, 0.15) is 31.9 Å². The molecule has 1 amide bonds. The molecule has 0 aromatic heterocycles. The van der Waals surface area contributed by atoms with Crippen LogP contribution in [0, 0.1) is 6.92 Å². The van der Waals surface area contributed by atoms with Crippen molar-refractivity contribution in [2.75, 3.05) is 0 Å². The summed E-state index contributed by atoms with van der Waals surface area (Å²) in [6.45, 7) is 7.95. The summed E-state index contributed by atoms with van der Waals surface area (Å²) in [5, 5.41) is 2.75. The Hall–Kier alpha value is -2.62. The molecule has 0 aliphatic rings. The number of carbonyl (C=O) groups excluding carboxylic acids is 1. The number of ether oxygens (including phenoxy) is 1. The number of nitrogens with zero attached hydrogens (tertiary/aromatic N) is 1. The lowest BCUT2D eigenvalue weighted by molar-refractivity contribution is 0.206. The maximum Gasteiger partial charge on any atom is 0.418 e. The fourth-order valence-electron chi connectivity index (χ4n) is 1.93. The van der Waals surface area contributed by atoms with Gasteiger partial charge in [0, 0.05) is 5.56 Å². The van der Waals surface area contributed by atoms with Crippen molar-refractivity contribution in [1.82, 2.24) is 5.32 Å². The summed E-state index contributed by atoms with van der Waals surface area (Å²) in [5.74, 6) is 0.988. The van der Waals surface area contributed by atoms with Crippen LogP contribution in [0.3, 0.4) is 0 Å². The molecule has 2 rings (SSSR count). The van der Waals surface area contributed by atoms with E-state index in [2.05, 4.69) is 10.3 Å². The Morgan fingerprint density at radius 3 is 2.17 bits per heavy atom. The number of carbonyl (C=O) groups is 1. The number of hydrogen-bond donors (Lipinski definition) is 1. The molecular formula is C19H22N2O2. The maximum absolute atomic E-state index is 12.1. The molecule has 0 bridgehead atoms. The van der Waals surface area contributed by atoms with Gasteiger partial charge in [0.15, 0.2) is 0 Å². The normalized spacial score (nSPS) is 11.9. The molecule has 1 N–H and O–H groups in total. The fourth-order valence-corrected chi connectivity index (χ4v) is 1.93. The second-order valence-electron chi connectivity index (χ2n) is 6.32. The Balaban J connectivity index is 2.20. The largest absolute Gasteiger partial charge is 0.418 e. The van der Waals surface area contributed by atoms with Gasteiger partial charge in [-0.3, -0.25) is 10.3 Å². The van der Waals surface area contributed by atoms with Gasteiger partial charge in [0.2, 0.25) is 0 Å². The first kappa shape index (κ1) is 16.7. The number of aliphatic imine (C=N–C) groups is 1. The molecule has 120 valence electrons. The highest BCUT2D eigenvalue weighted by molar-refractivity contribution is 6.06. The molecule has 0 saturated heterocycles. The van der Waals surface area contributed by atoms with Crippen molar-refractivity contribution in [3.8, 4) is 5.75 Å². The highest BCUT2D eigenvalue weighted by atomic mass is 16.6. The molecule has 0 fully saturated rings. The number of para-hydroxylation sites is 1. The highest BCUT2D eigenvalue weighted by Gasteiger charge is 2.15. The number of benzene rings is 2. The second kappa shape index (κ2) is 7.09. The Morgan fingerprint density at radius 2 is 1.61 bits per heavy atom. The second-order valence-corrected chi connectivity index (χ2v) is 6.32. The molecule has 0 unspecified atom stereocenters. The number of aryl methyl sites for hydroxylation is 1. The SMILES string of the molecule is Cc1ccc(C(=NC(C)(C)C)NC(=O)Oc2ccccc2)cc1. The Morgan fingerprint density at radius 1 is 1.00 bits per heavy atom. The van der Waals surface area contributed by atoms with E-state index >= 15 is 0 Å². The Bertz CT molecular complexity index is 684. The minimum atomic E-state index is -0.556. The third kappa shape index (κ3) is 5.58. The van der Waals surface area contributed by atoms with Crippen LogP contribution in [0.4, 0.5) is 4.79 Å². The van der Waals surface area contributed by atoms with E-state index < -0.39 is 6.09 Å². The van der Waals surface area contributed by atoms with Gasteiger partial charge in [-0.2, -0.15) is 0 Å². The first-order valence-corrected chi connectivity index (χ1v) is 7.54. The van der Waals surface area contributed by atoms with Gasteiger partial charge in [-0.15, -0.1) is 0 Å². The Labute approximate surface area is 137 Å². The van der Waals surface area contributed by atoms with Crippen molar-refractivity contribution in [3.63, 3.8) is 0 Å². The molecule has 0 spiro atoms. The van der Waals surface area contributed by atoms with Crippen molar-refractivity contribution in [1.29, 1.82) is 0 Å². The van der Waals surface area contributed by atoms with E-state index in [-0.39, 0.29) is 5.54 Å². The summed E-state index contributed by atoms with van der Waals surface area (Å²) < 4.78 is 5.27. The minimum absolute atomic E-state index is 0.319. The quantitative estimate of drug-likeness (QED) is 0.663. The van der Waals surface area contributed by atoms with Gasteiger partial charge in [0.25, 0.3) is 0 Å². The van der Waals surface area contributed by atoms with Gasteiger partial charge >= 0.3 is 6.09 Å². The summed E-state index contributed by atoms with van der Waals surface area (Å²) >= 11 is 0. The first-order valence-electron chi connectivity index (χ1n) is 7.54.